The topological polar surface area (TPSA) is 138 Å². The van der Waals surface area contributed by atoms with E-state index in [2.05, 4.69) is 20.9 Å². The minimum Gasteiger partial charge on any atom is -0.464 e. The molecule has 0 bridgehead atoms. The van der Waals surface area contributed by atoms with E-state index < -0.39 is 23.7 Å². The lowest BCUT2D eigenvalue weighted by atomic mass is 9.98. The molecule has 0 aliphatic carbocycles. The van der Waals surface area contributed by atoms with Crippen LogP contribution in [0.2, 0.25) is 0 Å². The van der Waals surface area contributed by atoms with E-state index in [0.29, 0.717) is 5.56 Å². The Bertz CT molecular complexity index is 1360. The van der Waals surface area contributed by atoms with Gasteiger partial charge in [0.15, 0.2) is 5.69 Å². The van der Waals surface area contributed by atoms with Gasteiger partial charge in [-0.1, -0.05) is 42.5 Å². The SMILES string of the molecule is O=C(O)Nn1nc(-c2ccccc2F)c(-c2ccccc2)c1C(=O)NNC(=O)c1cccnc1. The molecule has 0 atom stereocenters. The maximum Gasteiger partial charge on any atom is 0.425 e. The third-order valence-corrected chi connectivity index (χ3v) is 4.71. The second-order valence-corrected chi connectivity index (χ2v) is 6.90. The number of carbonyl (C=O) groups is 3. The minimum absolute atomic E-state index is 0.0294. The number of hydrogen-bond acceptors (Lipinski definition) is 5. The smallest absolute Gasteiger partial charge is 0.425 e. The average molecular weight is 460 g/mol. The molecule has 4 N–H and O–H groups in total. The maximum absolute atomic E-state index is 14.7. The molecular weight excluding hydrogens is 443 g/mol. The molecular formula is C23H17FN6O4. The molecule has 170 valence electrons. The number of nitrogens with zero attached hydrogens (tertiary/aromatic N) is 3. The Kier molecular flexibility index (Phi) is 6.26. The number of nitrogens with one attached hydrogen (secondary N) is 3. The van der Waals surface area contributed by atoms with Crippen LogP contribution in [0.25, 0.3) is 22.4 Å². The molecule has 10 nitrogen and oxygen atoms in total. The Morgan fingerprint density at radius 1 is 0.882 bits per heavy atom. The number of carbonyl (C=O) groups excluding carboxylic acids is 2. The van der Waals surface area contributed by atoms with Crippen molar-refractivity contribution in [1.29, 1.82) is 0 Å². The van der Waals surface area contributed by atoms with Crippen molar-refractivity contribution in [3.8, 4) is 22.4 Å². The molecule has 34 heavy (non-hydrogen) atoms. The summed E-state index contributed by atoms with van der Waals surface area (Å²) in [7, 11) is 0. The molecule has 0 fully saturated rings. The highest BCUT2D eigenvalue weighted by molar-refractivity contribution is 6.05. The van der Waals surface area contributed by atoms with Crippen molar-refractivity contribution in [3.05, 3.63) is 96.2 Å². The predicted molar refractivity (Wildman–Crippen MR) is 120 cm³/mol. The van der Waals surface area contributed by atoms with Gasteiger partial charge in [-0.25, -0.2) is 14.6 Å². The lowest BCUT2D eigenvalue weighted by Gasteiger charge is -2.11. The summed E-state index contributed by atoms with van der Waals surface area (Å²) < 4.78 is 14.7. The zero-order valence-corrected chi connectivity index (χ0v) is 17.4. The Balaban J connectivity index is 1.81. The van der Waals surface area contributed by atoms with E-state index in [9.17, 15) is 23.9 Å². The first-order chi connectivity index (χ1) is 16.5. The van der Waals surface area contributed by atoms with Gasteiger partial charge in [-0.15, -0.1) is 0 Å². The molecule has 0 unspecified atom stereocenters. The predicted octanol–water partition coefficient (Wildman–Crippen LogP) is 3.05. The van der Waals surface area contributed by atoms with Gasteiger partial charge in [0, 0.05) is 23.5 Å². The van der Waals surface area contributed by atoms with E-state index in [-0.39, 0.29) is 28.1 Å². The third kappa shape index (κ3) is 4.58. The summed E-state index contributed by atoms with van der Waals surface area (Å²) in [6, 6.07) is 17.3. The van der Waals surface area contributed by atoms with Crippen molar-refractivity contribution >= 4 is 17.9 Å². The quantitative estimate of drug-likeness (QED) is 0.338. The van der Waals surface area contributed by atoms with Gasteiger partial charge < -0.3 is 5.11 Å². The number of carboxylic acid groups (broad SMARTS) is 1. The lowest BCUT2D eigenvalue weighted by molar-refractivity contribution is 0.0841. The van der Waals surface area contributed by atoms with Crippen LogP contribution in [0.15, 0.2) is 79.1 Å². The average Bonchev–Trinajstić information content (AvgIpc) is 3.21. The molecule has 0 saturated carbocycles. The molecule has 2 aromatic heterocycles. The number of rotatable bonds is 5. The Morgan fingerprint density at radius 2 is 1.59 bits per heavy atom. The van der Waals surface area contributed by atoms with E-state index in [1.165, 1.54) is 36.7 Å². The van der Waals surface area contributed by atoms with E-state index in [0.717, 1.165) is 4.79 Å². The van der Waals surface area contributed by atoms with Gasteiger partial charge in [0.2, 0.25) is 0 Å². The number of amides is 3. The molecule has 2 heterocycles. The van der Waals surface area contributed by atoms with Crippen LogP contribution in [0.5, 0.6) is 0 Å². The fourth-order valence-corrected chi connectivity index (χ4v) is 3.26. The number of halogens is 1. The molecule has 11 heteroatoms. The highest BCUT2D eigenvalue weighted by atomic mass is 19.1. The van der Waals surface area contributed by atoms with E-state index in [4.69, 9.17) is 0 Å². The summed E-state index contributed by atoms with van der Waals surface area (Å²) in [4.78, 5) is 41.5. The summed E-state index contributed by atoms with van der Waals surface area (Å²) in [5.74, 6) is -2.15. The molecule has 4 aromatic rings. The number of pyridine rings is 1. The third-order valence-electron chi connectivity index (χ3n) is 4.71. The number of hydrogen-bond donors (Lipinski definition) is 4. The van der Waals surface area contributed by atoms with Crippen LogP contribution >= 0.6 is 0 Å². The van der Waals surface area contributed by atoms with Crippen LogP contribution < -0.4 is 16.3 Å². The van der Waals surface area contributed by atoms with E-state index in [1.807, 2.05) is 5.43 Å². The van der Waals surface area contributed by atoms with Crippen molar-refractivity contribution in [2.75, 3.05) is 5.43 Å². The second-order valence-electron chi connectivity index (χ2n) is 6.90. The van der Waals surface area contributed by atoms with E-state index >= 15 is 0 Å². The Hall–Kier alpha value is -5.06. The Morgan fingerprint density at radius 3 is 2.26 bits per heavy atom. The van der Waals surface area contributed by atoms with Crippen molar-refractivity contribution in [3.63, 3.8) is 0 Å². The van der Waals surface area contributed by atoms with Gasteiger partial charge in [0.05, 0.1) is 5.56 Å². The summed E-state index contributed by atoms with van der Waals surface area (Å²) in [5, 5.41) is 13.4. The largest absolute Gasteiger partial charge is 0.464 e. The molecule has 3 amide bonds. The van der Waals surface area contributed by atoms with Crippen molar-refractivity contribution in [1.82, 2.24) is 25.7 Å². The summed E-state index contributed by atoms with van der Waals surface area (Å²) in [6.45, 7) is 0. The fourth-order valence-electron chi connectivity index (χ4n) is 3.26. The van der Waals surface area contributed by atoms with Crippen LogP contribution in [0.4, 0.5) is 9.18 Å². The zero-order chi connectivity index (χ0) is 24.1. The van der Waals surface area contributed by atoms with Crippen LogP contribution in [-0.2, 0) is 0 Å². The standard InChI is InChI=1S/C23H17FN6O4/c24-17-11-5-4-10-16(17)19-18(14-7-2-1-3-8-14)20(30(28-19)29-23(33)34)22(32)27-26-21(31)15-9-6-12-25-13-15/h1-13,29H,(H,26,31)(H,27,32)(H,33,34). The Labute approximate surface area is 192 Å². The van der Waals surface area contributed by atoms with Gasteiger partial charge in [-0.3, -0.25) is 25.4 Å². The van der Waals surface area contributed by atoms with Gasteiger partial charge >= 0.3 is 6.09 Å². The first kappa shape index (κ1) is 22.1. The number of hydrazine groups is 1. The summed E-state index contributed by atoms with van der Waals surface area (Å²) in [6.07, 6.45) is 1.29. The van der Waals surface area contributed by atoms with Gasteiger partial charge in [-0.05, 0) is 29.8 Å². The second kappa shape index (κ2) is 9.61. The number of aromatic nitrogens is 3. The van der Waals surface area contributed by atoms with E-state index in [1.54, 1.807) is 42.5 Å². The molecule has 4 rings (SSSR count). The van der Waals surface area contributed by atoms with Crippen molar-refractivity contribution in [2.24, 2.45) is 0 Å². The fraction of sp³-hybridized carbons (Fsp3) is 0. The van der Waals surface area contributed by atoms with Crippen LogP contribution in [-0.4, -0.2) is 37.9 Å². The lowest BCUT2D eigenvalue weighted by Crippen LogP contribution is -2.43. The molecule has 0 aliphatic rings. The summed E-state index contributed by atoms with van der Waals surface area (Å²) >= 11 is 0. The normalized spacial score (nSPS) is 10.4. The molecule has 0 radical (unpaired) electrons. The minimum atomic E-state index is -1.50. The highest BCUT2D eigenvalue weighted by Gasteiger charge is 2.28. The van der Waals surface area contributed by atoms with Crippen molar-refractivity contribution < 1.29 is 23.9 Å². The van der Waals surface area contributed by atoms with Crippen LogP contribution in [0.3, 0.4) is 0 Å². The number of benzene rings is 2. The first-order valence-corrected chi connectivity index (χ1v) is 9.89. The molecule has 0 saturated heterocycles. The van der Waals surface area contributed by atoms with Gasteiger partial charge in [0.25, 0.3) is 11.8 Å². The molecule has 0 spiro atoms. The van der Waals surface area contributed by atoms with Gasteiger partial charge in [0.1, 0.15) is 11.5 Å². The summed E-state index contributed by atoms with van der Waals surface area (Å²) in [5.41, 5.74) is 7.15. The van der Waals surface area contributed by atoms with Crippen LogP contribution in [0.1, 0.15) is 20.8 Å². The van der Waals surface area contributed by atoms with Crippen LogP contribution in [0, 0.1) is 5.82 Å². The zero-order valence-electron chi connectivity index (χ0n) is 17.4. The van der Waals surface area contributed by atoms with Crippen molar-refractivity contribution in [2.45, 2.75) is 0 Å². The highest BCUT2D eigenvalue weighted by Crippen LogP contribution is 2.35. The maximum atomic E-state index is 14.7. The monoisotopic (exact) mass is 460 g/mol. The molecule has 2 aromatic carbocycles. The molecule has 0 aliphatic heterocycles. The first-order valence-electron chi connectivity index (χ1n) is 9.89. The van der Waals surface area contributed by atoms with Gasteiger partial charge in [-0.2, -0.15) is 9.89 Å².